The molecule has 35 heavy (non-hydrogen) atoms. The molecule has 0 unspecified atom stereocenters. The first kappa shape index (κ1) is 24.0. The number of hydrogen-bond donors (Lipinski definition) is 3. The number of ether oxygens (including phenoxy) is 1. The van der Waals surface area contributed by atoms with Crippen LogP contribution in [0.1, 0.15) is 33.4 Å². The lowest BCUT2D eigenvalue weighted by molar-refractivity contribution is 0.452. The van der Waals surface area contributed by atoms with Gasteiger partial charge in [-0.05, 0) is 130 Å². The van der Waals surface area contributed by atoms with Crippen molar-refractivity contribution in [3.05, 3.63) is 94.0 Å². The summed E-state index contributed by atoms with van der Waals surface area (Å²) in [6.45, 7) is 11.7. The molecule has 0 fully saturated rings. The van der Waals surface area contributed by atoms with Gasteiger partial charge in [-0.1, -0.05) is 0 Å². The number of hydrogen-bond acceptors (Lipinski definition) is 5. The maximum absolute atomic E-state index is 10.2. The fourth-order valence-corrected chi connectivity index (χ4v) is 4.18. The zero-order chi connectivity index (χ0) is 25.4. The molecule has 4 aromatic carbocycles. The smallest absolute Gasteiger partial charge is 0.134 e. The molecule has 4 rings (SSSR count). The largest absolute Gasteiger partial charge is 0.508 e. The Morgan fingerprint density at radius 3 is 1.60 bits per heavy atom. The molecule has 5 heteroatoms. The van der Waals surface area contributed by atoms with Gasteiger partial charge in [-0.25, -0.2) is 0 Å². The first-order valence-corrected chi connectivity index (χ1v) is 11.5. The van der Waals surface area contributed by atoms with E-state index in [1.807, 2.05) is 77.9 Å². The van der Waals surface area contributed by atoms with E-state index in [0.29, 0.717) is 11.5 Å². The zero-order valence-electron chi connectivity index (χ0n) is 21.0. The van der Waals surface area contributed by atoms with Crippen molar-refractivity contribution in [1.29, 1.82) is 0 Å². The molecule has 0 amide bonds. The SMILES string of the molecule is Cc1cc(O)cc(Oc2ccc(N(c3ccc(O)c(C)c3C)c3ccc(O)c(C)c3C)cc2)c1C. The summed E-state index contributed by atoms with van der Waals surface area (Å²) < 4.78 is 6.09. The first-order chi connectivity index (χ1) is 16.6. The molecule has 3 N–H and O–H groups in total. The molecular formula is C30H31NO4. The van der Waals surface area contributed by atoms with Crippen molar-refractivity contribution < 1.29 is 20.1 Å². The minimum absolute atomic E-state index is 0.169. The van der Waals surface area contributed by atoms with E-state index < -0.39 is 0 Å². The highest BCUT2D eigenvalue weighted by Crippen LogP contribution is 2.43. The Kier molecular flexibility index (Phi) is 6.35. The summed E-state index contributed by atoms with van der Waals surface area (Å²) in [6, 6.07) is 18.3. The second kappa shape index (κ2) is 9.26. The predicted molar refractivity (Wildman–Crippen MR) is 141 cm³/mol. The highest BCUT2D eigenvalue weighted by Gasteiger charge is 2.20. The Morgan fingerprint density at radius 1 is 0.571 bits per heavy atom. The summed E-state index contributed by atoms with van der Waals surface area (Å²) in [5, 5.41) is 30.4. The lowest BCUT2D eigenvalue weighted by atomic mass is 10.0. The van der Waals surface area contributed by atoms with Crippen molar-refractivity contribution in [2.24, 2.45) is 0 Å². The maximum Gasteiger partial charge on any atom is 0.134 e. The Bertz CT molecular complexity index is 1350. The molecule has 0 heterocycles. The van der Waals surface area contributed by atoms with Crippen molar-refractivity contribution in [2.75, 3.05) is 4.90 Å². The van der Waals surface area contributed by atoms with Crippen LogP contribution in [-0.4, -0.2) is 15.3 Å². The molecule has 180 valence electrons. The molecule has 4 aromatic rings. The molecule has 0 radical (unpaired) electrons. The quantitative estimate of drug-likeness (QED) is 0.277. The van der Waals surface area contributed by atoms with Gasteiger partial charge in [0.05, 0.1) is 0 Å². The number of aromatic hydroxyl groups is 3. The van der Waals surface area contributed by atoms with E-state index in [4.69, 9.17) is 4.74 Å². The number of rotatable bonds is 5. The van der Waals surface area contributed by atoms with Gasteiger partial charge < -0.3 is 25.0 Å². The van der Waals surface area contributed by atoms with Gasteiger partial charge in [0.15, 0.2) is 0 Å². The summed E-state index contributed by atoms with van der Waals surface area (Å²) in [5.74, 6) is 1.94. The van der Waals surface area contributed by atoms with Gasteiger partial charge in [0.25, 0.3) is 0 Å². The Hall–Kier alpha value is -4.12. The normalized spacial score (nSPS) is 10.9. The lowest BCUT2D eigenvalue weighted by Crippen LogP contribution is -2.13. The first-order valence-electron chi connectivity index (χ1n) is 11.5. The standard InChI is InChI=1S/C30H31NO4/c1-17-15-24(32)16-30(18(17)2)35-25-9-7-23(8-10-25)31(26-11-13-28(33)21(5)19(26)3)27-12-14-29(34)22(6)20(27)4/h7-16,32-34H,1-6H3. The minimum Gasteiger partial charge on any atom is -0.508 e. The molecule has 0 aliphatic rings. The van der Waals surface area contributed by atoms with Crippen molar-refractivity contribution in [1.82, 2.24) is 0 Å². The summed E-state index contributed by atoms with van der Waals surface area (Å²) in [4.78, 5) is 2.12. The fraction of sp³-hybridized carbons (Fsp3) is 0.200. The van der Waals surface area contributed by atoms with Gasteiger partial charge in [-0.2, -0.15) is 0 Å². The Morgan fingerprint density at radius 2 is 1.09 bits per heavy atom. The molecule has 0 bridgehead atoms. The van der Waals surface area contributed by atoms with Gasteiger partial charge >= 0.3 is 0 Å². The van der Waals surface area contributed by atoms with Gasteiger partial charge in [0.1, 0.15) is 28.7 Å². The number of phenols is 3. The van der Waals surface area contributed by atoms with Crippen LogP contribution in [0.25, 0.3) is 0 Å². The van der Waals surface area contributed by atoms with Crippen molar-refractivity contribution in [3.63, 3.8) is 0 Å². The number of phenolic OH excluding ortho intramolecular Hbond substituents is 3. The van der Waals surface area contributed by atoms with E-state index in [1.54, 1.807) is 24.3 Å². The summed E-state index contributed by atoms with van der Waals surface area (Å²) in [7, 11) is 0. The average Bonchev–Trinajstić information content (AvgIpc) is 2.83. The van der Waals surface area contributed by atoms with E-state index in [-0.39, 0.29) is 17.2 Å². The Balaban J connectivity index is 1.81. The molecule has 0 aliphatic heterocycles. The minimum atomic E-state index is 0.169. The molecule has 5 nitrogen and oxygen atoms in total. The molecule has 0 atom stereocenters. The van der Waals surface area contributed by atoms with E-state index in [0.717, 1.165) is 50.4 Å². The third kappa shape index (κ3) is 4.50. The van der Waals surface area contributed by atoms with Crippen LogP contribution in [0.3, 0.4) is 0 Å². The number of nitrogens with zero attached hydrogens (tertiary/aromatic N) is 1. The van der Waals surface area contributed by atoms with Gasteiger partial charge in [-0.3, -0.25) is 0 Å². The zero-order valence-corrected chi connectivity index (χ0v) is 21.0. The highest BCUT2D eigenvalue weighted by molar-refractivity contribution is 5.82. The van der Waals surface area contributed by atoms with Crippen LogP contribution in [-0.2, 0) is 0 Å². The lowest BCUT2D eigenvalue weighted by Gasteiger charge is -2.30. The third-order valence-corrected chi connectivity index (χ3v) is 6.87. The van der Waals surface area contributed by atoms with E-state index in [9.17, 15) is 15.3 Å². The van der Waals surface area contributed by atoms with Crippen LogP contribution >= 0.6 is 0 Å². The van der Waals surface area contributed by atoms with Crippen molar-refractivity contribution in [3.8, 4) is 28.7 Å². The monoisotopic (exact) mass is 469 g/mol. The molecular weight excluding hydrogens is 438 g/mol. The third-order valence-electron chi connectivity index (χ3n) is 6.87. The summed E-state index contributed by atoms with van der Waals surface area (Å²) >= 11 is 0. The van der Waals surface area contributed by atoms with Gasteiger partial charge in [-0.15, -0.1) is 0 Å². The molecule has 0 saturated carbocycles. The van der Waals surface area contributed by atoms with Crippen LogP contribution in [0.5, 0.6) is 28.7 Å². The Labute approximate surface area is 206 Å². The predicted octanol–water partition coefficient (Wildman–Crippen LogP) is 7.92. The average molecular weight is 470 g/mol. The second-order valence-electron chi connectivity index (χ2n) is 9.02. The van der Waals surface area contributed by atoms with E-state index in [2.05, 4.69) is 4.90 Å². The van der Waals surface area contributed by atoms with Crippen LogP contribution < -0.4 is 9.64 Å². The van der Waals surface area contributed by atoms with Crippen LogP contribution in [0.15, 0.2) is 60.7 Å². The fourth-order valence-electron chi connectivity index (χ4n) is 4.18. The van der Waals surface area contributed by atoms with Crippen LogP contribution in [0.2, 0.25) is 0 Å². The van der Waals surface area contributed by atoms with Crippen LogP contribution in [0.4, 0.5) is 17.1 Å². The molecule has 0 spiro atoms. The van der Waals surface area contributed by atoms with E-state index >= 15 is 0 Å². The molecule has 0 aromatic heterocycles. The van der Waals surface area contributed by atoms with E-state index in [1.165, 1.54) is 0 Å². The second-order valence-corrected chi connectivity index (χ2v) is 9.02. The number of anilines is 3. The number of aryl methyl sites for hydroxylation is 1. The van der Waals surface area contributed by atoms with Crippen molar-refractivity contribution >= 4 is 17.1 Å². The van der Waals surface area contributed by atoms with Crippen molar-refractivity contribution in [2.45, 2.75) is 41.5 Å². The maximum atomic E-state index is 10.2. The van der Waals surface area contributed by atoms with Gasteiger partial charge in [0, 0.05) is 23.1 Å². The summed E-state index contributed by atoms with van der Waals surface area (Å²) in [6.07, 6.45) is 0. The number of benzene rings is 4. The topological polar surface area (TPSA) is 73.2 Å². The molecule has 0 aliphatic carbocycles. The highest BCUT2D eigenvalue weighted by atomic mass is 16.5. The molecule has 0 saturated heterocycles. The van der Waals surface area contributed by atoms with Crippen LogP contribution in [0, 0.1) is 41.5 Å². The summed E-state index contributed by atoms with van der Waals surface area (Å²) in [5.41, 5.74) is 8.25. The van der Waals surface area contributed by atoms with Gasteiger partial charge in [0.2, 0.25) is 0 Å².